The van der Waals surface area contributed by atoms with Crippen molar-refractivity contribution in [1.29, 1.82) is 0 Å². The highest BCUT2D eigenvalue weighted by molar-refractivity contribution is 5.98. The highest BCUT2D eigenvalue weighted by atomic mass is 16.2. The molecule has 0 saturated heterocycles. The molecule has 1 heterocycles. The zero-order valence-corrected chi connectivity index (χ0v) is 9.20. The standard InChI is InChI=1S/C14H15NO/c16-13-11-8-9-4-3-7-14(9,11)10-5-1-2-6-12(10)15-13/h1-2,5-6,9,11H,3-4,7-8H2,(H,15,16)/t9-,11+,14-/m1/s1. The van der Waals surface area contributed by atoms with E-state index in [-0.39, 0.29) is 17.2 Å². The number of rotatable bonds is 0. The van der Waals surface area contributed by atoms with Crippen LogP contribution in [0, 0.1) is 11.8 Å². The zero-order valence-electron chi connectivity index (χ0n) is 9.20. The summed E-state index contributed by atoms with van der Waals surface area (Å²) in [6.07, 6.45) is 4.94. The first kappa shape index (κ1) is 8.80. The lowest BCUT2D eigenvalue weighted by Gasteiger charge is -2.55. The summed E-state index contributed by atoms with van der Waals surface area (Å²) in [7, 11) is 0. The molecule has 2 fully saturated rings. The monoisotopic (exact) mass is 213 g/mol. The molecule has 1 aromatic rings. The number of benzene rings is 1. The maximum Gasteiger partial charge on any atom is 0.228 e. The molecule has 2 aliphatic carbocycles. The van der Waals surface area contributed by atoms with Crippen molar-refractivity contribution >= 4 is 11.6 Å². The first-order chi connectivity index (χ1) is 7.82. The molecule has 1 aliphatic heterocycles. The number of para-hydroxylation sites is 1. The summed E-state index contributed by atoms with van der Waals surface area (Å²) in [5, 5.41) is 3.06. The van der Waals surface area contributed by atoms with Crippen LogP contribution in [0.4, 0.5) is 5.69 Å². The summed E-state index contributed by atoms with van der Waals surface area (Å²) in [5.41, 5.74) is 2.70. The quantitative estimate of drug-likeness (QED) is 0.705. The van der Waals surface area contributed by atoms with Crippen molar-refractivity contribution in [2.45, 2.75) is 31.1 Å². The summed E-state index contributed by atoms with van der Waals surface area (Å²) in [4.78, 5) is 12.0. The van der Waals surface area contributed by atoms with Gasteiger partial charge >= 0.3 is 0 Å². The number of amides is 1. The predicted molar refractivity (Wildman–Crippen MR) is 62.2 cm³/mol. The van der Waals surface area contributed by atoms with Crippen LogP contribution in [0.25, 0.3) is 0 Å². The van der Waals surface area contributed by atoms with E-state index in [1.54, 1.807) is 0 Å². The van der Waals surface area contributed by atoms with Gasteiger partial charge in [0.15, 0.2) is 0 Å². The normalized spacial score (nSPS) is 39.1. The van der Waals surface area contributed by atoms with Crippen molar-refractivity contribution in [2.24, 2.45) is 11.8 Å². The summed E-state index contributed by atoms with van der Waals surface area (Å²) in [6.45, 7) is 0. The largest absolute Gasteiger partial charge is 0.326 e. The van der Waals surface area contributed by atoms with Crippen molar-refractivity contribution in [3.8, 4) is 0 Å². The van der Waals surface area contributed by atoms with Gasteiger partial charge in [0.1, 0.15) is 0 Å². The lowest BCUT2D eigenvalue weighted by molar-refractivity contribution is -0.130. The molecule has 4 rings (SSSR count). The van der Waals surface area contributed by atoms with Crippen molar-refractivity contribution in [3.05, 3.63) is 29.8 Å². The average Bonchev–Trinajstić information content (AvgIpc) is 2.57. The molecule has 0 aromatic heterocycles. The average molecular weight is 213 g/mol. The zero-order chi connectivity index (χ0) is 10.8. The van der Waals surface area contributed by atoms with E-state index in [0.29, 0.717) is 0 Å². The third kappa shape index (κ3) is 0.796. The second-order valence-electron chi connectivity index (χ2n) is 5.45. The molecule has 82 valence electrons. The van der Waals surface area contributed by atoms with Gasteiger partial charge < -0.3 is 5.32 Å². The predicted octanol–water partition coefficient (Wildman–Crippen LogP) is 2.70. The summed E-state index contributed by atoms with van der Waals surface area (Å²) < 4.78 is 0. The van der Waals surface area contributed by atoms with Crippen LogP contribution < -0.4 is 5.32 Å². The third-order valence-electron chi connectivity index (χ3n) is 5.02. The van der Waals surface area contributed by atoms with Crippen LogP contribution in [0.1, 0.15) is 31.2 Å². The van der Waals surface area contributed by atoms with Gasteiger partial charge in [-0.05, 0) is 36.8 Å². The maximum absolute atomic E-state index is 12.0. The molecule has 1 N–H and O–H groups in total. The molecule has 2 heteroatoms. The Bertz CT molecular complexity index is 481. The first-order valence-corrected chi connectivity index (χ1v) is 6.23. The molecule has 3 aliphatic rings. The number of hydrogen-bond donors (Lipinski definition) is 1. The fraction of sp³-hybridized carbons (Fsp3) is 0.500. The molecular formula is C14H15NO. The molecule has 0 unspecified atom stereocenters. The number of hydrogen-bond acceptors (Lipinski definition) is 1. The maximum atomic E-state index is 12.0. The van der Waals surface area contributed by atoms with Crippen LogP contribution in [0.15, 0.2) is 24.3 Å². The number of fused-ring (bicyclic) bond motifs is 1. The Morgan fingerprint density at radius 2 is 2.19 bits per heavy atom. The highest BCUT2D eigenvalue weighted by Gasteiger charge is 2.62. The van der Waals surface area contributed by atoms with Crippen LogP contribution in [-0.2, 0) is 10.2 Å². The Morgan fingerprint density at radius 1 is 1.31 bits per heavy atom. The molecule has 3 atom stereocenters. The number of carbonyl (C=O) groups excluding carboxylic acids is 1. The van der Waals surface area contributed by atoms with Gasteiger partial charge in [-0.2, -0.15) is 0 Å². The summed E-state index contributed by atoms with van der Waals surface area (Å²) in [6, 6.07) is 8.39. The highest BCUT2D eigenvalue weighted by Crippen LogP contribution is 2.65. The minimum Gasteiger partial charge on any atom is -0.326 e. The Morgan fingerprint density at radius 3 is 3.06 bits per heavy atom. The van der Waals surface area contributed by atoms with Gasteiger partial charge in [-0.25, -0.2) is 0 Å². The van der Waals surface area contributed by atoms with Crippen LogP contribution in [0.5, 0.6) is 0 Å². The summed E-state index contributed by atoms with van der Waals surface area (Å²) in [5.74, 6) is 1.29. The van der Waals surface area contributed by atoms with Crippen LogP contribution in [0.2, 0.25) is 0 Å². The Labute approximate surface area is 95.0 Å². The van der Waals surface area contributed by atoms with E-state index in [4.69, 9.17) is 0 Å². The van der Waals surface area contributed by atoms with Crippen LogP contribution in [0.3, 0.4) is 0 Å². The van der Waals surface area contributed by atoms with E-state index in [2.05, 4.69) is 17.4 Å². The molecular weight excluding hydrogens is 198 g/mol. The number of anilines is 1. The first-order valence-electron chi connectivity index (χ1n) is 6.23. The molecule has 0 radical (unpaired) electrons. The second kappa shape index (κ2) is 2.68. The van der Waals surface area contributed by atoms with Gasteiger partial charge in [-0.15, -0.1) is 0 Å². The lowest BCUT2D eigenvalue weighted by Crippen LogP contribution is -2.57. The molecule has 0 bridgehead atoms. The van der Waals surface area contributed by atoms with Crippen molar-refractivity contribution < 1.29 is 4.79 Å². The molecule has 1 spiro atoms. The molecule has 16 heavy (non-hydrogen) atoms. The molecule has 1 aromatic carbocycles. The van der Waals surface area contributed by atoms with E-state index >= 15 is 0 Å². The fourth-order valence-corrected chi connectivity index (χ4v) is 4.32. The number of nitrogens with one attached hydrogen (secondary N) is 1. The van der Waals surface area contributed by atoms with E-state index in [9.17, 15) is 4.79 Å². The van der Waals surface area contributed by atoms with Crippen molar-refractivity contribution in [2.75, 3.05) is 5.32 Å². The van der Waals surface area contributed by atoms with Gasteiger partial charge in [0.25, 0.3) is 0 Å². The van der Waals surface area contributed by atoms with E-state index in [0.717, 1.165) is 18.0 Å². The minimum absolute atomic E-state index is 0.221. The topological polar surface area (TPSA) is 29.1 Å². The lowest BCUT2D eigenvalue weighted by atomic mass is 9.50. The Balaban J connectivity index is 1.95. The Kier molecular flexibility index (Phi) is 1.47. The van der Waals surface area contributed by atoms with Crippen molar-refractivity contribution in [1.82, 2.24) is 0 Å². The van der Waals surface area contributed by atoms with E-state index in [1.807, 2.05) is 12.1 Å². The van der Waals surface area contributed by atoms with Crippen molar-refractivity contribution in [3.63, 3.8) is 0 Å². The summed E-state index contributed by atoms with van der Waals surface area (Å²) >= 11 is 0. The third-order valence-corrected chi connectivity index (χ3v) is 5.02. The minimum atomic E-state index is 0.221. The van der Waals surface area contributed by atoms with Gasteiger partial charge in [0.05, 0.1) is 0 Å². The van der Waals surface area contributed by atoms with Crippen LogP contribution >= 0.6 is 0 Å². The molecule has 2 nitrogen and oxygen atoms in total. The molecule has 2 saturated carbocycles. The SMILES string of the molecule is O=C1Nc2ccccc2[C@@]23CCC[C@@H]2C[C@@H]13. The smallest absolute Gasteiger partial charge is 0.228 e. The van der Waals surface area contributed by atoms with E-state index in [1.165, 1.54) is 24.8 Å². The number of carbonyl (C=O) groups is 1. The second-order valence-corrected chi connectivity index (χ2v) is 5.45. The van der Waals surface area contributed by atoms with E-state index < -0.39 is 0 Å². The Hall–Kier alpha value is -1.31. The van der Waals surface area contributed by atoms with Gasteiger partial charge in [-0.3, -0.25) is 4.79 Å². The van der Waals surface area contributed by atoms with Gasteiger partial charge in [0.2, 0.25) is 5.91 Å². The van der Waals surface area contributed by atoms with Gasteiger partial charge in [0, 0.05) is 17.0 Å². The fourth-order valence-electron chi connectivity index (χ4n) is 4.32. The van der Waals surface area contributed by atoms with Gasteiger partial charge in [-0.1, -0.05) is 24.6 Å². The van der Waals surface area contributed by atoms with Crippen LogP contribution in [-0.4, -0.2) is 5.91 Å². The molecule has 1 amide bonds.